The summed E-state index contributed by atoms with van der Waals surface area (Å²) in [6, 6.07) is 6.83. The zero-order chi connectivity index (χ0) is 19.6. The van der Waals surface area contributed by atoms with Crippen molar-refractivity contribution in [2.45, 2.75) is 39.0 Å². The predicted molar refractivity (Wildman–Crippen MR) is 100.0 cm³/mol. The molecule has 7 nitrogen and oxygen atoms in total. The third kappa shape index (κ3) is 4.24. The van der Waals surface area contributed by atoms with Crippen molar-refractivity contribution in [2.75, 3.05) is 13.1 Å². The van der Waals surface area contributed by atoms with Gasteiger partial charge in [0.05, 0.1) is 12.0 Å². The van der Waals surface area contributed by atoms with Gasteiger partial charge in [-0.05, 0) is 44.4 Å². The molecular formula is C20H23N3O4. The van der Waals surface area contributed by atoms with Gasteiger partial charge in [-0.25, -0.2) is 9.78 Å². The Kier molecular flexibility index (Phi) is 5.39. The molecule has 1 aromatic carbocycles. The van der Waals surface area contributed by atoms with E-state index in [9.17, 15) is 14.4 Å². The van der Waals surface area contributed by atoms with Crippen LogP contribution in [0.25, 0.3) is 0 Å². The second-order valence-corrected chi connectivity index (χ2v) is 7.00. The van der Waals surface area contributed by atoms with Gasteiger partial charge in [0.15, 0.2) is 0 Å². The fourth-order valence-electron chi connectivity index (χ4n) is 3.60. The summed E-state index contributed by atoms with van der Waals surface area (Å²) in [6.07, 6.45) is 1.86. The largest absolute Gasteiger partial charge is 0.478 e. The second-order valence-electron chi connectivity index (χ2n) is 7.00. The summed E-state index contributed by atoms with van der Waals surface area (Å²) >= 11 is 0. The van der Waals surface area contributed by atoms with Crippen LogP contribution in [-0.2, 0) is 11.2 Å². The maximum atomic E-state index is 12.7. The molecule has 0 aliphatic carbocycles. The number of nitrogens with one attached hydrogen (secondary N) is 1. The number of hydrogen-bond donors (Lipinski definition) is 2. The molecule has 142 valence electrons. The fourth-order valence-corrected chi connectivity index (χ4v) is 3.60. The van der Waals surface area contributed by atoms with Crippen molar-refractivity contribution in [3.8, 4) is 0 Å². The van der Waals surface area contributed by atoms with E-state index in [0.717, 1.165) is 18.4 Å². The number of rotatable bonds is 4. The molecule has 3 rings (SSSR count). The fraction of sp³-hybridized carbons (Fsp3) is 0.400. The van der Waals surface area contributed by atoms with Crippen molar-refractivity contribution in [1.29, 1.82) is 0 Å². The van der Waals surface area contributed by atoms with E-state index in [2.05, 4.69) is 9.97 Å². The minimum Gasteiger partial charge on any atom is -0.478 e. The molecule has 1 aliphatic heterocycles. The highest BCUT2D eigenvalue weighted by Crippen LogP contribution is 2.27. The summed E-state index contributed by atoms with van der Waals surface area (Å²) in [5.41, 5.74) is 2.03. The number of carbonyl (C=O) groups is 2. The molecule has 1 saturated heterocycles. The highest BCUT2D eigenvalue weighted by molar-refractivity contribution is 5.87. The average molecular weight is 369 g/mol. The predicted octanol–water partition coefficient (Wildman–Crippen LogP) is 2.03. The second kappa shape index (κ2) is 7.73. The maximum absolute atomic E-state index is 12.7. The zero-order valence-electron chi connectivity index (χ0n) is 15.5. The first kappa shape index (κ1) is 18.8. The number of benzene rings is 1. The summed E-state index contributed by atoms with van der Waals surface area (Å²) in [5, 5.41) is 9.02. The van der Waals surface area contributed by atoms with Gasteiger partial charge in [-0.1, -0.05) is 12.1 Å². The normalized spacial score (nSPS) is 17.0. The van der Waals surface area contributed by atoms with E-state index in [1.807, 2.05) is 12.1 Å². The average Bonchev–Trinajstić information content (AvgIpc) is 2.64. The molecule has 0 unspecified atom stereocenters. The van der Waals surface area contributed by atoms with Gasteiger partial charge in [-0.3, -0.25) is 9.59 Å². The smallest absolute Gasteiger partial charge is 0.335 e. The summed E-state index contributed by atoms with van der Waals surface area (Å²) in [4.78, 5) is 44.6. The van der Waals surface area contributed by atoms with Crippen LogP contribution in [-0.4, -0.2) is 44.9 Å². The first-order valence-electron chi connectivity index (χ1n) is 9.02. The van der Waals surface area contributed by atoms with Crippen LogP contribution in [0.3, 0.4) is 0 Å². The number of carboxylic acids is 1. The first-order valence-corrected chi connectivity index (χ1v) is 9.02. The third-order valence-electron chi connectivity index (χ3n) is 5.07. The van der Waals surface area contributed by atoms with Crippen molar-refractivity contribution in [2.24, 2.45) is 0 Å². The van der Waals surface area contributed by atoms with Crippen LogP contribution in [0.15, 0.2) is 29.1 Å². The minimum absolute atomic E-state index is 0.0408. The van der Waals surface area contributed by atoms with Crippen LogP contribution in [0.2, 0.25) is 0 Å². The lowest BCUT2D eigenvalue weighted by atomic mass is 9.90. The minimum atomic E-state index is -0.950. The summed E-state index contributed by atoms with van der Waals surface area (Å²) in [5.74, 6) is -0.326. The number of piperidine rings is 1. The highest BCUT2D eigenvalue weighted by Gasteiger charge is 2.26. The van der Waals surface area contributed by atoms with E-state index in [0.29, 0.717) is 30.2 Å². The van der Waals surface area contributed by atoms with Crippen molar-refractivity contribution in [3.05, 3.63) is 62.8 Å². The van der Waals surface area contributed by atoms with E-state index in [-0.39, 0.29) is 29.4 Å². The molecule has 0 radical (unpaired) electrons. The van der Waals surface area contributed by atoms with Crippen LogP contribution in [0.4, 0.5) is 0 Å². The number of likely N-dealkylation sites (tertiary alicyclic amines) is 1. The molecule has 0 saturated carbocycles. The van der Waals surface area contributed by atoms with Gasteiger partial charge in [0.2, 0.25) is 5.91 Å². The highest BCUT2D eigenvalue weighted by atomic mass is 16.4. The van der Waals surface area contributed by atoms with Crippen LogP contribution < -0.4 is 5.56 Å². The van der Waals surface area contributed by atoms with Gasteiger partial charge in [-0.15, -0.1) is 0 Å². The number of carbonyl (C=O) groups excluding carboxylic acids is 1. The number of aromatic carboxylic acids is 1. The molecule has 1 aliphatic rings. The number of nitrogens with zero attached hydrogens (tertiary/aromatic N) is 2. The lowest BCUT2D eigenvalue weighted by Gasteiger charge is -2.33. The Balaban J connectivity index is 1.71. The number of amides is 1. The van der Waals surface area contributed by atoms with Crippen molar-refractivity contribution in [3.63, 3.8) is 0 Å². The van der Waals surface area contributed by atoms with Gasteiger partial charge >= 0.3 is 5.97 Å². The molecule has 2 heterocycles. The lowest BCUT2D eigenvalue weighted by molar-refractivity contribution is -0.131. The third-order valence-corrected chi connectivity index (χ3v) is 5.07. The monoisotopic (exact) mass is 369 g/mol. The summed E-state index contributed by atoms with van der Waals surface area (Å²) < 4.78 is 0. The van der Waals surface area contributed by atoms with Gasteiger partial charge < -0.3 is 15.0 Å². The number of H-pyrrole nitrogens is 1. The Morgan fingerprint density at radius 2 is 1.96 bits per heavy atom. The number of aromatic amines is 1. The summed E-state index contributed by atoms with van der Waals surface area (Å²) in [7, 11) is 0. The number of carboxylic acid groups (broad SMARTS) is 1. The van der Waals surface area contributed by atoms with E-state index >= 15 is 0 Å². The Hall–Kier alpha value is -2.96. The molecule has 0 spiro atoms. The Labute approximate surface area is 157 Å². The topological polar surface area (TPSA) is 103 Å². The SMILES string of the molecule is Cc1nc(C)c(CC(=O)N2CCC[C@@H](c3ccc(C(=O)O)cc3)C2)c(=O)[nH]1. The standard InChI is InChI=1S/C20H23N3O4/c1-12-17(19(25)22-13(2)21-12)10-18(24)23-9-3-4-16(11-23)14-5-7-15(8-6-14)20(26)27/h5-8,16H,3-4,9-11H2,1-2H3,(H,26,27)(H,21,22,25)/t16-/m1/s1. The molecule has 7 heteroatoms. The molecule has 1 aromatic heterocycles. The molecular weight excluding hydrogens is 346 g/mol. The van der Waals surface area contributed by atoms with Gasteiger partial charge in [0.1, 0.15) is 5.82 Å². The summed E-state index contributed by atoms with van der Waals surface area (Å²) in [6.45, 7) is 4.69. The zero-order valence-corrected chi connectivity index (χ0v) is 15.5. The first-order chi connectivity index (χ1) is 12.8. The molecule has 1 amide bonds. The molecule has 1 atom stereocenters. The van der Waals surface area contributed by atoms with Crippen LogP contribution in [0.5, 0.6) is 0 Å². The van der Waals surface area contributed by atoms with Crippen LogP contribution in [0.1, 0.15) is 51.8 Å². The van der Waals surface area contributed by atoms with Crippen LogP contribution in [0, 0.1) is 13.8 Å². The van der Waals surface area contributed by atoms with E-state index < -0.39 is 5.97 Å². The Morgan fingerprint density at radius 3 is 2.59 bits per heavy atom. The van der Waals surface area contributed by atoms with E-state index in [4.69, 9.17) is 5.11 Å². The van der Waals surface area contributed by atoms with Crippen LogP contribution >= 0.6 is 0 Å². The quantitative estimate of drug-likeness (QED) is 0.858. The Morgan fingerprint density at radius 1 is 1.26 bits per heavy atom. The molecule has 27 heavy (non-hydrogen) atoms. The molecule has 2 N–H and O–H groups in total. The van der Waals surface area contributed by atoms with Crippen molar-refractivity contribution >= 4 is 11.9 Å². The number of hydrogen-bond acceptors (Lipinski definition) is 4. The number of aryl methyl sites for hydroxylation is 2. The maximum Gasteiger partial charge on any atom is 0.335 e. The van der Waals surface area contributed by atoms with Crippen molar-refractivity contribution in [1.82, 2.24) is 14.9 Å². The molecule has 2 aromatic rings. The molecule has 1 fully saturated rings. The number of aromatic nitrogens is 2. The van der Waals surface area contributed by atoms with Gasteiger partial charge in [0, 0.05) is 30.3 Å². The molecule has 0 bridgehead atoms. The van der Waals surface area contributed by atoms with E-state index in [1.54, 1.807) is 30.9 Å². The van der Waals surface area contributed by atoms with Gasteiger partial charge in [-0.2, -0.15) is 0 Å². The van der Waals surface area contributed by atoms with Crippen molar-refractivity contribution < 1.29 is 14.7 Å². The lowest BCUT2D eigenvalue weighted by Crippen LogP contribution is -2.40. The van der Waals surface area contributed by atoms with Gasteiger partial charge in [0.25, 0.3) is 5.56 Å². The Bertz CT molecular complexity index is 918. The van der Waals surface area contributed by atoms with E-state index in [1.165, 1.54) is 0 Å².